The molecule has 1 aromatic carbocycles. The van der Waals surface area contributed by atoms with E-state index >= 15 is 0 Å². The summed E-state index contributed by atoms with van der Waals surface area (Å²) in [5.41, 5.74) is 1.73. The summed E-state index contributed by atoms with van der Waals surface area (Å²) in [7, 11) is 0. The SMILES string of the molecule is C=C(c1ccc(OCCO)cc1)C1COC(C)(CC)OO1. The van der Waals surface area contributed by atoms with Crippen molar-refractivity contribution >= 4 is 5.57 Å². The summed E-state index contributed by atoms with van der Waals surface area (Å²) >= 11 is 0. The van der Waals surface area contributed by atoms with Crippen LogP contribution in [-0.4, -0.2) is 36.8 Å². The van der Waals surface area contributed by atoms with E-state index in [2.05, 4.69) is 6.58 Å². The first-order valence-corrected chi connectivity index (χ1v) is 7.09. The van der Waals surface area contributed by atoms with Gasteiger partial charge in [0.1, 0.15) is 18.5 Å². The minimum absolute atomic E-state index is 0.00471. The number of benzene rings is 1. The van der Waals surface area contributed by atoms with E-state index in [0.717, 1.165) is 11.1 Å². The Kier molecular flexibility index (Phi) is 5.36. The normalized spacial score (nSPS) is 25.6. The number of rotatable bonds is 6. The van der Waals surface area contributed by atoms with Gasteiger partial charge >= 0.3 is 0 Å². The Balaban J connectivity index is 1.94. The summed E-state index contributed by atoms with van der Waals surface area (Å²) in [6.07, 6.45) is 0.386. The van der Waals surface area contributed by atoms with Crippen molar-refractivity contribution in [2.45, 2.75) is 32.2 Å². The molecule has 0 radical (unpaired) electrons. The summed E-state index contributed by atoms with van der Waals surface area (Å²) in [6.45, 7) is 8.56. The summed E-state index contributed by atoms with van der Waals surface area (Å²) < 4.78 is 11.0. The molecule has 1 N–H and O–H groups in total. The van der Waals surface area contributed by atoms with E-state index in [-0.39, 0.29) is 19.3 Å². The first-order chi connectivity index (χ1) is 10.1. The van der Waals surface area contributed by atoms with E-state index in [1.165, 1.54) is 0 Å². The Hall–Kier alpha value is -1.40. The third-order valence-electron chi connectivity index (χ3n) is 3.50. The Bertz CT molecular complexity index is 460. The van der Waals surface area contributed by atoms with Crippen LogP contribution in [0.15, 0.2) is 30.8 Å². The summed E-state index contributed by atoms with van der Waals surface area (Å²) in [5, 5.41) is 8.72. The monoisotopic (exact) mass is 294 g/mol. The highest BCUT2D eigenvalue weighted by atomic mass is 17.2. The summed E-state index contributed by atoms with van der Waals surface area (Å²) in [4.78, 5) is 10.7. The predicted octanol–water partition coefficient (Wildman–Crippen LogP) is 2.54. The Morgan fingerprint density at radius 3 is 2.67 bits per heavy atom. The van der Waals surface area contributed by atoms with Crippen LogP contribution in [0.4, 0.5) is 0 Å². The molecule has 0 aromatic heterocycles. The molecule has 2 rings (SSSR count). The molecule has 5 heteroatoms. The molecule has 0 saturated carbocycles. The minimum Gasteiger partial charge on any atom is -0.491 e. The van der Waals surface area contributed by atoms with Crippen molar-refractivity contribution in [3.8, 4) is 5.75 Å². The van der Waals surface area contributed by atoms with E-state index < -0.39 is 5.79 Å². The van der Waals surface area contributed by atoms with Crippen LogP contribution in [0.1, 0.15) is 25.8 Å². The van der Waals surface area contributed by atoms with Crippen molar-refractivity contribution in [1.29, 1.82) is 0 Å². The van der Waals surface area contributed by atoms with Gasteiger partial charge in [0, 0.05) is 6.42 Å². The topological polar surface area (TPSA) is 57.2 Å². The fourth-order valence-corrected chi connectivity index (χ4v) is 1.90. The molecule has 116 valence electrons. The minimum atomic E-state index is -0.682. The van der Waals surface area contributed by atoms with Gasteiger partial charge < -0.3 is 14.6 Å². The number of hydrogen-bond donors (Lipinski definition) is 1. The zero-order valence-electron chi connectivity index (χ0n) is 12.5. The van der Waals surface area contributed by atoms with Crippen molar-refractivity contribution < 1.29 is 24.4 Å². The molecule has 2 unspecified atom stereocenters. The van der Waals surface area contributed by atoms with Gasteiger partial charge in [0.2, 0.25) is 0 Å². The average molecular weight is 294 g/mol. The number of aliphatic hydroxyl groups is 1. The Labute approximate surface area is 125 Å². The van der Waals surface area contributed by atoms with E-state index in [4.69, 9.17) is 24.4 Å². The zero-order valence-corrected chi connectivity index (χ0v) is 12.5. The lowest BCUT2D eigenvalue weighted by atomic mass is 10.0. The lowest BCUT2D eigenvalue weighted by Crippen LogP contribution is -2.42. The van der Waals surface area contributed by atoms with Crippen LogP contribution in [0.2, 0.25) is 0 Å². The molecule has 0 spiro atoms. The van der Waals surface area contributed by atoms with Crippen LogP contribution in [0.3, 0.4) is 0 Å². The fraction of sp³-hybridized carbons (Fsp3) is 0.500. The maximum absolute atomic E-state index is 8.72. The van der Waals surface area contributed by atoms with Gasteiger partial charge in [-0.15, -0.1) is 0 Å². The highest BCUT2D eigenvalue weighted by Gasteiger charge is 2.34. The van der Waals surface area contributed by atoms with Gasteiger partial charge in [0.05, 0.1) is 13.2 Å². The second-order valence-electron chi connectivity index (χ2n) is 5.09. The first kappa shape index (κ1) is 16.0. The highest BCUT2D eigenvalue weighted by Crippen LogP contribution is 2.29. The van der Waals surface area contributed by atoms with E-state index in [9.17, 15) is 0 Å². The maximum atomic E-state index is 8.72. The molecule has 5 nitrogen and oxygen atoms in total. The third kappa shape index (κ3) is 4.04. The smallest absolute Gasteiger partial charge is 0.198 e. The first-order valence-electron chi connectivity index (χ1n) is 7.09. The quantitative estimate of drug-likeness (QED) is 0.817. The molecular formula is C16H22O5. The average Bonchev–Trinajstić information content (AvgIpc) is 2.53. The van der Waals surface area contributed by atoms with Gasteiger partial charge in [-0.25, -0.2) is 9.78 Å². The van der Waals surface area contributed by atoms with Crippen LogP contribution in [0, 0.1) is 0 Å². The van der Waals surface area contributed by atoms with Crippen LogP contribution in [0.5, 0.6) is 5.75 Å². The van der Waals surface area contributed by atoms with Crippen LogP contribution in [0.25, 0.3) is 5.57 Å². The lowest BCUT2D eigenvalue weighted by molar-refractivity contribution is -0.473. The molecule has 1 fully saturated rings. The van der Waals surface area contributed by atoms with Crippen molar-refractivity contribution in [3.63, 3.8) is 0 Å². The number of ether oxygens (including phenoxy) is 2. The molecule has 21 heavy (non-hydrogen) atoms. The maximum Gasteiger partial charge on any atom is 0.198 e. The molecule has 2 atom stereocenters. The van der Waals surface area contributed by atoms with Gasteiger partial charge in [-0.3, -0.25) is 0 Å². The van der Waals surface area contributed by atoms with Crippen molar-refractivity contribution in [2.24, 2.45) is 0 Å². The zero-order chi connectivity index (χ0) is 15.3. The van der Waals surface area contributed by atoms with Gasteiger partial charge in [-0.05, 0) is 30.2 Å². The second-order valence-corrected chi connectivity index (χ2v) is 5.09. The van der Waals surface area contributed by atoms with Crippen LogP contribution < -0.4 is 4.74 Å². The summed E-state index contributed by atoms with van der Waals surface area (Å²) in [5.74, 6) is 0.0231. The van der Waals surface area contributed by atoms with E-state index in [1.807, 2.05) is 38.1 Å². The molecule has 1 aromatic rings. The molecule has 1 aliphatic heterocycles. The summed E-state index contributed by atoms with van der Waals surface area (Å²) in [6, 6.07) is 7.45. The Morgan fingerprint density at radius 2 is 2.14 bits per heavy atom. The van der Waals surface area contributed by atoms with E-state index in [0.29, 0.717) is 18.8 Å². The van der Waals surface area contributed by atoms with Crippen molar-refractivity contribution in [3.05, 3.63) is 36.4 Å². The molecule has 0 aliphatic carbocycles. The van der Waals surface area contributed by atoms with Crippen LogP contribution >= 0.6 is 0 Å². The van der Waals surface area contributed by atoms with Gasteiger partial charge in [0.25, 0.3) is 0 Å². The highest BCUT2D eigenvalue weighted by molar-refractivity contribution is 5.67. The molecule has 1 saturated heterocycles. The van der Waals surface area contributed by atoms with Gasteiger partial charge in [-0.1, -0.05) is 25.6 Å². The van der Waals surface area contributed by atoms with Crippen LogP contribution in [-0.2, 0) is 14.5 Å². The number of aliphatic hydroxyl groups excluding tert-OH is 1. The second kappa shape index (κ2) is 7.04. The number of hydrogen-bond acceptors (Lipinski definition) is 5. The molecular weight excluding hydrogens is 272 g/mol. The standard InChI is InChI=1S/C16H22O5/c1-4-16(3)19-11-15(20-21-16)12(2)13-5-7-14(8-6-13)18-10-9-17/h5-8,15,17H,2,4,9-11H2,1,3H3. The van der Waals surface area contributed by atoms with E-state index in [1.54, 1.807) is 0 Å². The third-order valence-corrected chi connectivity index (χ3v) is 3.50. The molecule has 0 bridgehead atoms. The predicted molar refractivity (Wildman–Crippen MR) is 78.7 cm³/mol. The molecule has 0 amide bonds. The lowest BCUT2D eigenvalue weighted by Gasteiger charge is -2.36. The Morgan fingerprint density at radius 1 is 1.43 bits per heavy atom. The van der Waals surface area contributed by atoms with Gasteiger partial charge in [0.15, 0.2) is 5.79 Å². The molecule has 1 heterocycles. The van der Waals surface area contributed by atoms with Crippen molar-refractivity contribution in [1.82, 2.24) is 0 Å². The van der Waals surface area contributed by atoms with Crippen molar-refractivity contribution in [2.75, 3.05) is 19.8 Å². The fourth-order valence-electron chi connectivity index (χ4n) is 1.90. The largest absolute Gasteiger partial charge is 0.491 e. The molecule has 1 aliphatic rings. The van der Waals surface area contributed by atoms with Gasteiger partial charge in [-0.2, -0.15) is 0 Å².